The lowest BCUT2D eigenvalue weighted by molar-refractivity contribution is -0.119. The predicted octanol–water partition coefficient (Wildman–Crippen LogP) is 2.81. The third kappa shape index (κ3) is 3.97. The number of carbonyl (C=O) groups is 1. The molecular formula is C13H25ClN3O2P. The van der Waals surface area contributed by atoms with Crippen LogP contribution in [0.5, 0.6) is 0 Å². The summed E-state index contributed by atoms with van der Waals surface area (Å²) < 4.78 is 17.5. The van der Waals surface area contributed by atoms with Crippen LogP contribution < -0.4 is 5.09 Å². The van der Waals surface area contributed by atoms with E-state index in [-0.39, 0.29) is 18.2 Å². The summed E-state index contributed by atoms with van der Waals surface area (Å²) in [5.41, 5.74) is 0. The van der Waals surface area contributed by atoms with E-state index in [2.05, 4.69) is 5.09 Å². The largest absolute Gasteiger partial charge is 0.310 e. The minimum absolute atomic E-state index is 0.195. The molecule has 0 aromatic heterocycles. The summed E-state index contributed by atoms with van der Waals surface area (Å²) in [7, 11) is -2.95. The van der Waals surface area contributed by atoms with Gasteiger partial charge in [0.2, 0.25) is 5.91 Å². The Morgan fingerprint density at radius 3 is 1.80 bits per heavy atom. The van der Waals surface area contributed by atoms with Crippen LogP contribution in [-0.4, -0.2) is 47.3 Å². The van der Waals surface area contributed by atoms with E-state index in [4.69, 9.17) is 11.6 Å². The van der Waals surface area contributed by atoms with E-state index in [1.165, 1.54) is 12.8 Å². The summed E-state index contributed by atoms with van der Waals surface area (Å²) in [5, 5.41) is 2.82. The molecule has 2 fully saturated rings. The zero-order chi connectivity index (χ0) is 14.4. The van der Waals surface area contributed by atoms with Gasteiger partial charge in [-0.15, -0.1) is 11.6 Å². The van der Waals surface area contributed by atoms with Crippen LogP contribution in [0.15, 0.2) is 0 Å². The average molecular weight is 322 g/mol. The number of rotatable bonds is 5. The fourth-order valence-electron chi connectivity index (χ4n) is 2.92. The Morgan fingerprint density at radius 1 is 0.950 bits per heavy atom. The molecule has 0 saturated carbocycles. The molecule has 7 heteroatoms. The smallest absolute Gasteiger partial charge is 0.283 e. The topological polar surface area (TPSA) is 52.7 Å². The van der Waals surface area contributed by atoms with Crippen molar-refractivity contribution < 1.29 is 9.36 Å². The molecule has 0 atom stereocenters. The SMILES string of the molecule is O=C(CCCl)NP(=O)(N1CCCCC1)N1CCCCC1. The van der Waals surface area contributed by atoms with Crippen molar-refractivity contribution in [3.8, 4) is 0 Å². The quantitative estimate of drug-likeness (QED) is 0.625. The number of nitrogens with zero attached hydrogens (tertiary/aromatic N) is 2. The zero-order valence-electron chi connectivity index (χ0n) is 12.0. The molecule has 0 aromatic carbocycles. The highest BCUT2D eigenvalue weighted by Crippen LogP contribution is 2.51. The average Bonchev–Trinajstić information content (AvgIpc) is 2.49. The van der Waals surface area contributed by atoms with E-state index in [1.54, 1.807) is 0 Å². The van der Waals surface area contributed by atoms with Gasteiger partial charge in [-0.1, -0.05) is 12.8 Å². The summed E-state index contributed by atoms with van der Waals surface area (Å²) >= 11 is 5.62. The molecule has 0 radical (unpaired) electrons. The highest BCUT2D eigenvalue weighted by Gasteiger charge is 2.39. The van der Waals surface area contributed by atoms with Gasteiger partial charge in [0.1, 0.15) is 0 Å². The summed E-state index contributed by atoms with van der Waals surface area (Å²) in [6, 6.07) is 0. The zero-order valence-corrected chi connectivity index (χ0v) is 13.7. The van der Waals surface area contributed by atoms with Crippen molar-refractivity contribution in [1.29, 1.82) is 0 Å². The van der Waals surface area contributed by atoms with Gasteiger partial charge in [0.05, 0.1) is 0 Å². The molecule has 5 nitrogen and oxygen atoms in total. The van der Waals surface area contributed by atoms with E-state index < -0.39 is 7.59 Å². The monoisotopic (exact) mass is 321 g/mol. The molecule has 0 spiro atoms. The Morgan fingerprint density at radius 2 is 1.40 bits per heavy atom. The molecular weight excluding hydrogens is 297 g/mol. The Hall–Kier alpha value is -0.0900. The van der Waals surface area contributed by atoms with E-state index >= 15 is 0 Å². The first kappa shape index (κ1) is 16.3. The molecule has 116 valence electrons. The van der Waals surface area contributed by atoms with Crippen LogP contribution in [0.3, 0.4) is 0 Å². The Bertz CT molecular complexity index is 347. The van der Waals surface area contributed by atoms with Crippen molar-refractivity contribution in [3.05, 3.63) is 0 Å². The van der Waals surface area contributed by atoms with Crippen LogP contribution in [0.2, 0.25) is 0 Å². The standard InChI is InChI=1S/C13H25ClN3O2P/c14-8-7-13(18)15-20(19,16-9-3-1-4-10-16)17-11-5-2-6-12-17/h1-12H2,(H,15,18,19). The lowest BCUT2D eigenvalue weighted by Crippen LogP contribution is -2.44. The van der Waals surface area contributed by atoms with Gasteiger partial charge >= 0.3 is 7.59 Å². The first-order valence-corrected chi connectivity index (χ1v) is 9.79. The molecule has 0 unspecified atom stereocenters. The molecule has 0 bridgehead atoms. The molecule has 20 heavy (non-hydrogen) atoms. The first-order chi connectivity index (χ1) is 9.66. The molecule has 2 aliphatic heterocycles. The molecule has 1 N–H and O–H groups in total. The van der Waals surface area contributed by atoms with E-state index in [0.717, 1.165) is 51.9 Å². The molecule has 2 heterocycles. The summed E-state index contributed by atoms with van der Waals surface area (Å²) in [6.07, 6.45) is 6.84. The van der Waals surface area contributed by atoms with Crippen molar-refractivity contribution in [1.82, 2.24) is 14.4 Å². The van der Waals surface area contributed by atoms with Gasteiger partial charge in [-0.05, 0) is 25.7 Å². The second-order valence-corrected chi connectivity index (χ2v) is 8.37. The fourth-order valence-corrected chi connectivity index (χ4v) is 5.82. The normalized spacial score (nSPS) is 22.6. The first-order valence-electron chi connectivity index (χ1n) is 7.65. The van der Waals surface area contributed by atoms with Gasteiger partial charge in [0.15, 0.2) is 0 Å². The van der Waals surface area contributed by atoms with Crippen molar-refractivity contribution in [2.24, 2.45) is 0 Å². The van der Waals surface area contributed by atoms with E-state index in [1.807, 2.05) is 9.34 Å². The fraction of sp³-hybridized carbons (Fsp3) is 0.923. The molecule has 2 saturated heterocycles. The lowest BCUT2D eigenvalue weighted by Gasteiger charge is -2.42. The number of halogens is 1. The van der Waals surface area contributed by atoms with Gasteiger partial charge < -0.3 is 0 Å². The van der Waals surface area contributed by atoms with Crippen LogP contribution in [-0.2, 0) is 9.36 Å². The Balaban J connectivity index is 2.12. The minimum Gasteiger partial charge on any atom is -0.283 e. The molecule has 2 rings (SSSR count). The number of hydrogen-bond donors (Lipinski definition) is 1. The lowest BCUT2D eigenvalue weighted by atomic mass is 10.2. The van der Waals surface area contributed by atoms with Crippen LogP contribution >= 0.6 is 19.2 Å². The van der Waals surface area contributed by atoms with Gasteiger partial charge in [-0.25, -0.2) is 9.34 Å². The predicted molar refractivity (Wildman–Crippen MR) is 81.9 cm³/mol. The summed E-state index contributed by atoms with van der Waals surface area (Å²) in [4.78, 5) is 11.9. The number of amides is 1. The third-order valence-electron chi connectivity index (χ3n) is 4.02. The van der Waals surface area contributed by atoms with Gasteiger partial charge in [-0.3, -0.25) is 14.4 Å². The summed E-state index contributed by atoms with van der Waals surface area (Å²) in [6.45, 7) is 3.26. The van der Waals surface area contributed by atoms with Crippen LogP contribution in [0.1, 0.15) is 44.9 Å². The number of piperidine rings is 2. The summed E-state index contributed by atoms with van der Waals surface area (Å²) in [5.74, 6) is 0.0748. The van der Waals surface area contributed by atoms with Crippen molar-refractivity contribution in [3.63, 3.8) is 0 Å². The van der Waals surface area contributed by atoms with Crippen LogP contribution in [0.4, 0.5) is 0 Å². The highest BCUT2D eigenvalue weighted by molar-refractivity contribution is 7.57. The number of alkyl halides is 1. The Kier molecular flexibility index (Phi) is 6.34. The van der Waals surface area contributed by atoms with E-state index in [0.29, 0.717) is 0 Å². The van der Waals surface area contributed by atoms with Crippen LogP contribution in [0, 0.1) is 0 Å². The molecule has 0 aromatic rings. The number of carbonyl (C=O) groups excluding carboxylic acids is 1. The highest BCUT2D eigenvalue weighted by atomic mass is 35.5. The van der Waals surface area contributed by atoms with Crippen LogP contribution in [0.25, 0.3) is 0 Å². The van der Waals surface area contributed by atoms with Crippen molar-refractivity contribution in [2.45, 2.75) is 44.9 Å². The second-order valence-electron chi connectivity index (χ2n) is 5.55. The second kappa shape index (κ2) is 7.79. The number of nitrogens with one attached hydrogen (secondary N) is 1. The molecule has 2 aliphatic rings. The van der Waals surface area contributed by atoms with Crippen molar-refractivity contribution >= 4 is 25.1 Å². The maximum Gasteiger partial charge on any atom is 0.310 e. The maximum atomic E-state index is 13.5. The van der Waals surface area contributed by atoms with Gasteiger partial charge in [-0.2, -0.15) is 0 Å². The molecule has 0 aliphatic carbocycles. The van der Waals surface area contributed by atoms with Gasteiger partial charge in [0, 0.05) is 38.5 Å². The molecule has 1 amide bonds. The Labute approximate surface area is 126 Å². The van der Waals surface area contributed by atoms with Crippen molar-refractivity contribution in [2.75, 3.05) is 32.1 Å². The maximum absolute atomic E-state index is 13.5. The van der Waals surface area contributed by atoms with Gasteiger partial charge in [0.25, 0.3) is 0 Å². The third-order valence-corrected chi connectivity index (χ3v) is 7.09. The van der Waals surface area contributed by atoms with E-state index in [9.17, 15) is 9.36 Å². The number of hydrogen-bond acceptors (Lipinski definition) is 2. The minimum atomic E-state index is -2.95.